The number of aromatic nitrogens is 4. The molecule has 0 unspecified atom stereocenters. The molecule has 9 nitrogen and oxygen atoms in total. The monoisotopic (exact) mass is 451 g/mol. The van der Waals surface area contributed by atoms with Gasteiger partial charge in [-0.3, -0.25) is 4.79 Å². The van der Waals surface area contributed by atoms with E-state index >= 15 is 4.39 Å². The molecule has 0 spiro atoms. The minimum atomic E-state index is -0.660. The van der Waals surface area contributed by atoms with Crippen molar-refractivity contribution in [3.05, 3.63) is 36.4 Å². The van der Waals surface area contributed by atoms with Gasteiger partial charge in [0, 0.05) is 25.3 Å². The summed E-state index contributed by atoms with van der Waals surface area (Å²) in [6, 6.07) is 7.33. The Labute approximate surface area is 191 Å². The van der Waals surface area contributed by atoms with Crippen LogP contribution in [0.1, 0.15) is 39.0 Å². The van der Waals surface area contributed by atoms with Crippen LogP contribution >= 0.6 is 0 Å². The van der Waals surface area contributed by atoms with Crippen molar-refractivity contribution in [2.75, 3.05) is 25.0 Å². The molecular weight excluding hydrogens is 425 g/mol. The van der Waals surface area contributed by atoms with Crippen LogP contribution in [0.2, 0.25) is 0 Å². The van der Waals surface area contributed by atoms with Crippen molar-refractivity contribution in [1.29, 1.82) is 5.26 Å². The molecule has 3 aromatic heterocycles. The molecule has 1 saturated heterocycles. The molecule has 1 N–H and O–H groups in total. The number of amides is 1. The Morgan fingerprint density at radius 1 is 1.39 bits per heavy atom. The highest BCUT2D eigenvalue weighted by atomic mass is 19.1. The summed E-state index contributed by atoms with van der Waals surface area (Å²) in [5, 5.41) is 16.3. The summed E-state index contributed by atoms with van der Waals surface area (Å²) in [5.74, 6) is -0.657. The van der Waals surface area contributed by atoms with Gasteiger partial charge in [0.05, 0.1) is 30.0 Å². The maximum absolute atomic E-state index is 15.3. The standard InChI is InChI=1S/C23H26FN7O2/c1-2-3-13-33-23-20(24)22(27-16-7-6-11-30(15-16)19(32)9-10-25)28-21(29-23)17-14-26-31-12-5-4-8-18(17)31/h4-5,8,12,14,16H,2-3,6-7,9,11,13,15H2,1H3,(H,27,28,29)/t16-/m1/s1. The number of unbranched alkanes of at least 4 members (excludes halogenated alkanes) is 1. The van der Waals surface area contributed by atoms with E-state index in [-0.39, 0.29) is 30.1 Å². The SMILES string of the molecule is CCCCOc1nc(-c2cnn3ccccc23)nc(N[C@@H]2CCCN(C(=O)CC#N)C2)c1F. The van der Waals surface area contributed by atoms with Crippen molar-refractivity contribution < 1.29 is 13.9 Å². The van der Waals surface area contributed by atoms with Gasteiger partial charge in [-0.1, -0.05) is 19.4 Å². The maximum Gasteiger partial charge on any atom is 0.256 e. The molecule has 0 bridgehead atoms. The molecule has 0 saturated carbocycles. The van der Waals surface area contributed by atoms with E-state index in [1.807, 2.05) is 37.4 Å². The Bertz CT molecular complexity index is 1170. The minimum absolute atomic E-state index is 0.0290. The van der Waals surface area contributed by atoms with E-state index in [2.05, 4.69) is 20.4 Å². The number of carbonyl (C=O) groups excluding carboxylic acids is 1. The molecule has 10 heteroatoms. The fraction of sp³-hybridized carbons (Fsp3) is 0.435. The number of likely N-dealkylation sites (tertiary alicyclic amines) is 1. The van der Waals surface area contributed by atoms with Gasteiger partial charge in [-0.2, -0.15) is 19.7 Å². The molecule has 1 aliphatic rings. The van der Waals surface area contributed by atoms with Crippen LogP contribution in [0.15, 0.2) is 30.6 Å². The Kier molecular flexibility index (Phi) is 6.98. The first kappa shape index (κ1) is 22.5. The van der Waals surface area contributed by atoms with Crippen molar-refractivity contribution >= 4 is 17.2 Å². The van der Waals surface area contributed by atoms with Gasteiger partial charge in [-0.15, -0.1) is 0 Å². The first-order chi connectivity index (χ1) is 16.1. The highest BCUT2D eigenvalue weighted by Gasteiger charge is 2.26. The van der Waals surface area contributed by atoms with Gasteiger partial charge in [0.2, 0.25) is 11.7 Å². The molecule has 0 aromatic carbocycles. The number of rotatable bonds is 8. The molecular formula is C23H26FN7O2. The molecule has 3 aromatic rings. The largest absolute Gasteiger partial charge is 0.475 e. The van der Waals surface area contributed by atoms with E-state index in [9.17, 15) is 4.79 Å². The zero-order valence-corrected chi connectivity index (χ0v) is 18.5. The second-order valence-electron chi connectivity index (χ2n) is 7.96. The van der Waals surface area contributed by atoms with Crippen LogP contribution < -0.4 is 10.1 Å². The Hall–Kier alpha value is -3.74. The number of nitriles is 1. The van der Waals surface area contributed by atoms with Crippen molar-refractivity contribution in [3.8, 4) is 23.3 Å². The van der Waals surface area contributed by atoms with Crippen LogP contribution in [0, 0.1) is 17.1 Å². The first-order valence-corrected chi connectivity index (χ1v) is 11.1. The summed E-state index contributed by atoms with van der Waals surface area (Å²) < 4.78 is 22.7. The smallest absolute Gasteiger partial charge is 0.256 e. The molecule has 1 amide bonds. The van der Waals surface area contributed by atoms with Gasteiger partial charge in [0.25, 0.3) is 5.88 Å². The normalized spacial score (nSPS) is 15.9. The summed E-state index contributed by atoms with van der Waals surface area (Å²) in [6.45, 7) is 3.34. The predicted octanol–water partition coefficient (Wildman–Crippen LogP) is 3.43. The lowest BCUT2D eigenvalue weighted by Crippen LogP contribution is -2.45. The molecule has 1 aliphatic heterocycles. The van der Waals surface area contributed by atoms with Crippen LogP contribution in [-0.2, 0) is 4.79 Å². The molecule has 1 fully saturated rings. The number of fused-ring (bicyclic) bond motifs is 1. The van der Waals surface area contributed by atoms with Crippen LogP contribution in [0.3, 0.4) is 0 Å². The molecule has 0 aliphatic carbocycles. The van der Waals surface area contributed by atoms with Gasteiger partial charge in [0.1, 0.15) is 6.42 Å². The van der Waals surface area contributed by atoms with Crippen LogP contribution in [0.5, 0.6) is 5.88 Å². The van der Waals surface area contributed by atoms with Crippen molar-refractivity contribution in [2.24, 2.45) is 0 Å². The number of halogens is 1. The third-order valence-electron chi connectivity index (χ3n) is 5.57. The molecule has 172 valence electrons. The quantitative estimate of drug-likeness (QED) is 0.523. The summed E-state index contributed by atoms with van der Waals surface area (Å²) >= 11 is 0. The fourth-order valence-corrected chi connectivity index (χ4v) is 3.85. The second kappa shape index (κ2) is 10.3. The molecule has 1 atom stereocenters. The van der Waals surface area contributed by atoms with Gasteiger partial charge < -0.3 is 15.0 Å². The minimum Gasteiger partial charge on any atom is -0.475 e. The lowest BCUT2D eigenvalue weighted by Gasteiger charge is -2.33. The second-order valence-corrected chi connectivity index (χ2v) is 7.96. The highest BCUT2D eigenvalue weighted by molar-refractivity contribution is 5.78. The Morgan fingerprint density at radius 2 is 2.27 bits per heavy atom. The third-order valence-corrected chi connectivity index (χ3v) is 5.57. The first-order valence-electron chi connectivity index (χ1n) is 11.1. The van der Waals surface area contributed by atoms with Crippen LogP contribution in [0.4, 0.5) is 10.2 Å². The van der Waals surface area contributed by atoms with E-state index < -0.39 is 5.82 Å². The summed E-state index contributed by atoms with van der Waals surface area (Å²) in [4.78, 5) is 22.6. The number of hydrogen-bond donors (Lipinski definition) is 1. The number of ether oxygens (including phenoxy) is 1. The van der Waals surface area contributed by atoms with Crippen molar-refractivity contribution in [3.63, 3.8) is 0 Å². The zero-order valence-electron chi connectivity index (χ0n) is 18.5. The van der Waals surface area contributed by atoms with Gasteiger partial charge in [0.15, 0.2) is 11.6 Å². The van der Waals surface area contributed by atoms with E-state index in [0.29, 0.717) is 31.1 Å². The highest BCUT2D eigenvalue weighted by Crippen LogP contribution is 2.29. The van der Waals surface area contributed by atoms with E-state index in [4.69, 9.17) is 10.00 Å². The van der Waals surface area contributed by atoms with E-state index in [1.54, 1.807) is 15.6 Å². The Morgan fingerprint density at radius 3 is 3.09 bits per heavy atom. The van der Waals surface area contributed by atoms with Crippen molar-refractivity contribution in [2.45, 2.75) is 45.1 Å². The number of nitrogens with zero attached hydrogens (tertiary/aromatic N) is 6. The number of hydrogen-bond acceptors (Lipinski definition) is 7. The van der Waals surface area contributed by atoms with Gasteiger partial charge in [-0.25, -0.2) is 9.50 Å². The predicted molar refractivity (Wildman–Crippen MR) is 120 cm³/mol. The molecule has 4 heterocycles. The summed E-state index contributed by atoms with van der Waals surface area (Å²) in [6.07, 6.45) is 6.48. The third kappa shape index (κ3) is 5.03. The molecule has 4 rings (SSSR count). The van der Waals surface area contributed by atoms with Crippen LogP contribution in [-0.4, -0.2) is 56.1 Å². The lowest BCUT2D eigenvalue weighted by molar-refractivity contribution is -0.131. The Balaban J connectivity index is 1.65. The average molecular weight is 452 g/mol. The lowest BCUT2D eigenvalue weighted by atomic mass is 10.1. The number of carbonyl (C=O) groups is 1. The van der Waals surface area contributed by atoms with E-state index in [1.165, 1.54) is 0 Å². The topological polar surface area (TPSA) is 108 Å². The summed E-state index contributed by atoms with van der Waals surface area (Å²) in [5.41, 5.74) is 1.45. The zero-order chi connectivity index (χ0) is 23.2. The van der Waals surface area contributed by atoms with Crippen molar-refractivity contribution in [1.82, 2.24) is 24.5 Å². The van der Waals surface area contributed by atoms with Crippen LogP contribution in [0.25, 0.3) is 16.9 Å². The number of pyridine rings is 1. The fourth-order valence-electron chi connectivity index (χ4n) is 3.85. The van der Waals surface area contributed by atoms with Gasteiger partial charge in [-0.05, 0) is 31.4 Å². The summed E-state index contributed by atoms with van der Waals surface area (Å²) in [7, 11) is 0. The number of nitrogens with one attached hydrogen (secondary N) is 1. The van der Waals surface area contributed by atoms with Gasteiger partial charge >= 0.3 is 0 Å². The average Bonchev–Trinajstić information content (AvgIpc) is 3.26. The number of piperidine rings is 1. The number of anilines is 1. The van der Waals surface area contributed by atoms with E-state index in [0.717, 1.165) is 31.2 Å². The maximum atomic E-state index is 15.3. The molecule has 33 heavy (non-hydrogen) atoms. The molecule has 0 radical (unpaired) electrons.